The topological polar surface area (TPSA) is 97.4 Å². The summed E-state index contributed by atoms with van der Waals surface area (Å²) in [5.74, 6) is 7.11. The lowest BCUT2D eigenvalue weighted by atomic mass is 10.2. The Morgan fingerprint density at radius 2 is 2.47 bits per heavy atom. The molecule has 0 saturated heterocycles. The van der Waals surface area contributed by atoms with Gasteiger partial charge in [0.15, 0.2) is 0 Å². The molecular formula is C8H13N7. The fourth-order valence-electron chi connectivity index (χ4n) is 1.39. The monoisotopic (exact) mass is 207 g/mol. The van der Waals surface area contributed by atoms with Gasteiger partial charge in [0.2, 0.25) is 0 Å². The van der Waals surface area contributed by atoms with Crippen molar-refractivity contribution in [2.75, 3.05) is 0 Å². The van der Waals surface area contributed by atoms with Crippen LogP contribution in [0.4, 0.5) is 0 Å². The Morgan fingerprint density at radius 3 is 3.00 bits per heavy atom. The van der Waals surface area contributed by atoms with E-state index in [1.807, 2.05) is 7.05 Å². The third kappa shape index (κ3) is 2.03. The number of rotatable bonds is 4. The fraction of sp³-hybridized carbons (Fsp3) is 0.375. The summed E-state index contributed by atoms with van der Waals surface area (Å²) < 4.78 is 1.72. The molecule has 0 bridgehead atoms. The fourth-order valence-corrected chi connectivity index (χ4v) is 1.39. The Labute approximate surface area is 86.7 Å². The Kier molecular flexibility index (Phi) is 2.75. The summed E-state index contributed by atoms with van der Waals surface area (Å²) in [5.41, 5.74) is 2.70. The lowest BCUT2D eigenvalue weighted by Crippen LogP contribution is -2.31. The summed E-state index contributed by atoms with van der Waals surface area (Å²) in [6.07, 6.45) is 5.61. The zero-order valence-corrected chi connectivity index (χ0v) is 8.38. The van der Waals surface area contributed by atoms with Gasteiger partial charge in [0.1, 0.15) is 18.0 Å². The molecule has 0 aliphatic heterocycles. The first-order valence-electron chi connectivity index (χ1n) is 4.59. The van der Waals surface area contributed by atoms with Crippen LogP contribution in [-0.2, 0) is 13.5 Å². The summed E-state index contributed by atoms with van der Waals surface area (Å²) in [6.45, 7) is 0. The van der Waals surface area contributed by atoms with E-state index in [0.717, 1.165) is 11.6 Å². The van der Waals surface area contributed by atoms with Crippen molar-refractivity contribution in [2.45, 2.75) is 12.5 Å². The number of aryl methyl sites for hydroxylation is 1. The maximum Gasteiger partial charge on any atom is 0.138 e. The van der Waals surface area contributed by atoms with Gasteiger partial charge in [-0.05, 0) is 0 Å². The van der Waals surface area contributed by atoms with Crippen molar-refractivity contribution in [3.05, 3.63) is 30.4 Å². The molecule has 1 atom stereocenters. The van der Waals surface area contributed by atoms with Crippen LogP contribution in [-0.4, -0.2) is 24.7 Å². The molecular weight excluding hydrogens is 194 g/mol. The van der Waals surface area contributed by atoms with Crippen LogP contribution < -0.4 is 11.3 Å². The predicted molar refractivity (Wildman–Crippen MR) is 53.4 cm³/mol. The number of hydrogen-bond acceptors (Lipinski definition) is 5. The Morgan fingerprint density at radius 1 is 1.60 bits per heavy atom. The highest BCUT2D eigenvalue weighted by atomic mass is 15.3. The van der Waals surface area contributed by atoms with Crippen LogP contribution in [0.3, 0.4) is 0 Å². The summed E-state index contributed by atoms with van der Waals surface area (Å²) in [7, 11) is 1.85. The molecule has 2 aromatic heterocycles. The van der Waals surface area contributed by atoms with Crippen LogP contribution >= 0.6 is 0 Å². The van der Waals surface area contributed by atoms with Gasteiger partial charge in [0.25, 0.3) is 0 Å². The highest BCUT2D eigenvalue weighted by Gasteiger charge is 2.15. The third-order valence-corrected chi connectivity index (χ3v) is 2.24. The minimum atomic E-state index is -0.0806. The molecule has 0 fully saturated rings. The van der Waals surface area contributed by atoms with Crippen LogP contribution in [0.25, 0.3) is 0 Å². The molecule has 7 heteroatoms. The number of hydrogen-bond donors (Lipinski definition) is 3. The molecule has 0 spiro atoms. The SMILES string of the molecule is Cn1ncnc1CC(NN)c1ncc[nH]1. The largest absolute Gasteiger partial charge is 0.347 e. The molecule has 0 aliphatic rings. The average molecular weight is 207 g/mol. The minimum absolute atomic E-state index is 0.0806. The minimum Gasteiger partial charge on any atom is -0.347 e. The maximum absolute atomic E-state index is 5.46. The van der Waals surface area contributed by atoms with Crippen molar-refractivity contribution in [3.63, 3.8) is 0 Å². The number of nitrogens with two attached hydrogens (primary N) is 1. The van der Waals surface area contributed by atoms with Crippen LogP contribution in [0.2, 0.25) is 0 Å². The van der Waals surface area contributed by atoms with Crippen molar-refractivity contribution in [2.24, 2.45) is 12.9 Å². The zero-order chi connectivity index (χ0) is 10.7. The van der Waals surface area contributed by atoms with Gasteiger partial charge in [0, 0.05) is 25.9 Å². The number of imidazole rings is 1. The van der Waals surface area contributed by atoms with E-state index in [9.17, 15) is 0 Å². The summed E-state index contributed by atoms with van der Waals surface area (Å²) in [5, 5.41) is 3.99. The molecule has 2 aromatic rings. The van der Waals surface area contributed by atoms with Crippen molar-refractivity contribution >= 4 is 0 Å². The van der Waals surface area contributed by atoms with E-state index in [2.05, 4.69) is 25.5 Å². The van der Waals surface area contributed by atoms with E-state index in [0.29, 0.717) is 6.42 Å². The van der Waals surface area contributed by atoms with Crippen LogP contribution in [0.5, 0.6) is 0 Å². The first-order valence-corrected chi connectivity index (χ1v) is 4.59. The van der Waals surface area contributed by atoms with Gasteiger partial charge in [0.05, 0.1) is 6.04 Å². The van der Waals surface area contributed by atoms with E-state index in [1.54, 1.807) is 17.1 Å². The van der Waals surface area contributed by atoms with E-state index < -0.39 is 0 Å². The summed E-state index contributed by atoms with van der Waals surface area (Å²) in [4.78, 5) is 11.3. The van der Waals surface area contributed by atoms with Crippen molar-refractivity contribution in [3.8, 4) is 0 Å². The highest BCUT2D eigenvalue weighted by molar-refractivity contribution is 5.00. The highest BCUT2D eigenvalue weighted by Crippen LogP contribution is 2.11. The van der Waals surface area contributed by atoms with E-state index in [-0.39, 0.29) is 6.04 Å². The lowest BCUT2D eigenvalue weighted by molar-refractivity contribution is 0.503. The molecule has 7 nitrogen and oxygen atoms in total. The Bertz CT molecular complexity index is 404. The first-order chi connectivity index (χ1) is 7.31. The number of aromatic nitrogens is 5. The van der Waals surface area contributed by atoms with E-state index in [4.69, 9.17) is 5.84 Å². The predicted octanol–water partition coefficient (Wildman–Crippen LogP) is -0.715. The molecule has 0 amide bonds. The second-order valence-electron chi connectivity index (χ2n) is 3.20. The quantitative estimate of drug-likeness (QED) is 0.454. The number of aromatic amines is 1. The average Bonchev–Trinajstić information content (AvgIpc) is 2.86. The molecule has 15 heavy (non-hydrogen) atoms. The van der Waals surface area contributed by atoms with Gasteiger partial charge in [-0.15, -0.1) is 0 Å². The second-order valence-corrected chi connectivity index (χ2v) is 3.20. The Balaban J connectivity index is 2.13. The maximum atomic E-state index is 5.46. The van der Waals surface area contributed by atoms with E-state index >= 15 is 0 Å². The number of H-pyrrole nitrogens is 1. The molecule has 0 saturated carbocycles. The van der Waals surface area contributed by atoms with Crippen molar-refractivity contribution < 1.29 is 0 Å². The Hall–Kier alpha value is -1.73. The number of nitrogens with one attached hydrogen (secondary N) is 2. The summed E-state index contributed by atoms with van der Waals surface area (Å²) >= 11 is 0. The first kappa shape index (κ1) is 9.81. The van der Waals surface area contributed by atoms with Gasteiger partial charge in [-0.2, -0.15) is 5.10 Å². The van der Waals surface area contributed by atoms with Crippen LogP contribution in [0.15, 0.2) is 18.7 Å². The van der Waals surface area contributed by atoms with E-state index in [1.165, 1.54) is 6.33 Å². The van der Waals surface area contributed by atoms with Gasteiger partial charge >= 0.3 is 0 Å². The van der Waals surface area contributed by atoms with Gasteiger partial charge < -0.3 is 4.98 Å². The zero-order valence-electron chi connectivity index (χ0n) is 8.38. The van der Waals surface area contributed by atoms with Gasteiger partial charge in [-0.1, -0.05) is 0 Å². The standard InChI is InChI=1S/C8H13N7/c1-15-7(12-5-13-15)4-6(14-9)8-10-2-3-11-8/h2-3,5-6,14H,4,9H2,1H3,(H,10,11). The van der Waals surface area contributed by atoms with Crippen LogP contribution in [0.1, 0.15) is 17.7 Å². The lowest BCUT2D eigenvalue weighted by Gasteiger charge is -2.12. The molecule has 2 heterocycles. The summed E-state index contributed by atoms with van der Waals surface area (Å²) in [6, 6.07) is -0.0806. The smallest absolute Gasteiger partial charge is 0.138 e. The molecule has 0 aliphatic carbocycles. The van der Waals surface area contributed by atoms with Crippen molar-refractivity contribution in [1.29, 1.82) is 0 Å². The van der Waals surface area contributed by atoms with Crippen molar-refractivity contribution in [1.82, 2.24) is 30.2 Å². The van der Waals surface area contributed by atoms with Crippen LogP contribution in [0, 0.1) is 0 Å². The molecule has 2 rings (SSSR count). The third-order valence-electron chi connectivity index (χ3n) is 2.24. The molecule has 1 unspecified atom stereocenters. The molecule has 0 aromatic carbocycles. The normalized spacial score (nSPS) is 12.9. The number of nitrogens with zero attached hydrogens (tertiary/aromatic N) is 4. The molecule has 4 N–H and O–H groups in total. The number of hydrazine groups is 1. The van der Waals surface area contributed by atoms with Gasteiger partial charge in [-0.25, -0.2) is 15.4 Å². The second kappa shape index (κ2) is 4.20. The molecule has 0 radical (unpaired) electrons. The van der Waals surface area contributed by atoms with Gasteiger partial charge in [-0.3, -0.25) is 10.5 Å². The molecule has 80 valence electrons.